The molecule has 0 spiro atoms. The lowest BCUT2D eigenvalue weighted by atomic mass is 10.1. The molecule has 1 aromatic carbocycles. The lowest BCUT2D eigenvalue weighted by Gasteiger charge is -2.23. The molecule has 0 aliphatic carbocycles. The van der Waals surface area contributed by atoms with Crippen molar-refractivity contribution in [1.82, 2.24) is 0 Å². The summed E-state index contributed by atoms with van der Waals surface area (Å²) in [5.41, 5.74) is 0.707. The highest BCUT2D eigenvalue weighted by Gasteiger charge is 2.29. The number of carboxylic acid groups (broad SMARTS) is 1. The molecule has 0 aliphatic heterocycles. The summed E-state index contributed by atoms with van der Waals surface area (Å²) in [6.45, 7) is 6.89. The number of hydrogen-bond donors (Lipinski definition) is 1. The lowest BCUT2D eigenvalue weighted by molar-refractivity contribution is -0.152. The van der Waals surface area contributed by atoms with Crippen LogP contribution in [0.25, 0.3) is 0 Å². The van der Waals surface area contributed by atoms with Gasteiger partial charge in [0.05, 0.1) is 0 Å². The van der Waals surface area contributed by atoms with Gasteiger partial charge in [-0.05, 0) is 51.0 Å². The van der Waals surface area contributed by atoms with Gasteiger partial charge in [-0.2, -0.15) is 0 Å². The van der Waals surface area contributed by atoms with E-state index in [2.05, 4.69) is 15.9 Å². The van der Waals surface area contributed by atoms with Gasteiger partial charge >= 0.3 is 5.97 Å². The number of carbonyl (C=O) groups is 1. The Morgan fingerprint density at radius 2 is 1.88 bits per heavy atom. The van der Waals surface area contributed by atoms with Gasteiger partial charge < -0.3 is 9.84 Å². The average molecular weight is 287 g/mol. The van der Waals surface area contributed by atoms with E-state index in [9.17, 15) is 4.79 Å². The molecular formula is C12H15BrO3. The van der Waals surface area contributed by atoms with Gasteiger partial charge in [-0.3, -0.25) is 0 Å². The molecule has 0 fully saturated rings. The van der Waals surface area contributed by atoms with Crippen molar-refractivity contribution in [2.45, 2.75) is 33.3 Å². The fraction of sp³-hybridized carbons (Fsp3) is 0.417. The van der Waals surface area contributed by atoms with Gasteiger partial charge in [-0.15, -0.1) is 0 Å². The Kier molecular flexibility index (Phi) is 3.63. The number of aliphatic carboxylic acids is 1. The number of hydrogen-bond acceptors (Lipinski definition) is 2. The Bertz CT molecular complexity index is 425. The van der Waals surface area contributed by atoms with Crippen molar-refractivity contribution in [3.63, 3.8) is 0 Å². The molecule has 0 bridgehead atoms. The lowest BCUT2D eigenvalue weighted by Crippen LogP contribution is -2.38. The van der Waals surface area contributed by atoms with Gasteiger partial charge in [-0.25, -0.2) is 4.79 Å². The fourth-order valence-electron chi connectivity index (χ4n) is 1.18. The maximum Gasteiger partial charge on any atom is 0.347 e. The van der Waals surface area contributed by atoms with Crippen LogP contribution in [0, 0.1) is 13.8 Å². The Hall–Kier alpha value is -1.03. The maximum atomic E-state index is 11.0. The molecule has 0 aliphatic rings. The smallest absolute Gasteiger partial charge is 0.347 e. The zero-order chi connectivity index (χ0) is 12.5. The fourth-order valence-corrected chi connectivity index (χ4v) is 1.64. The third kappa shape index (κ3) is 2.76. The van der Waals surface area contributed by atoms with Gasteiger partial charge in [-0.1, -0.05) is 15.9 Å². The summed E-state index contributed by atoms with van der Waals surface area (Å²) in [4.78, 5) is 11.0. The molecule has 0 amide bonds. The molecule has 16 heavy (non-hydrogen) atoms. The van der Waals surface area contributed by atoms with E-state index in [0.717, 1.165) is 15.6 Å². The van der Waals surface area contributed by atoms with E-state index >= 15 is 0 Å². The summed E-state index contributed by atoms with van der Waals surface area (Å²) in [6, 6.07) is 3.76. The first kappa shape index (κ1) is 13.0. The molecule has 4 heteroatoms. The van der Waals surface area contributed by atoms with Gasteiger partial charge in [0.25, 0.3) is 0 Å². The molecular weight excluding hydrogens is 272 g/mol. The SMILES string of the molecule is Cc1cc(OC(C)(C)C(=O)O)c(C)cc1Br. The van der Waals surface area contributed by atoms with Crippen molar-refractivity contribution in [3.8, 4) is 5.75 Å². The number of aryl methyl sites for hydroxylation is 2. The van der Waals surface area contributed by atoms with Crippen LogP contribution in [-0.2, 0) is 4.79 Å². The first-order chi connectivity index (χ1) is 7.24. The Morgan fingerprint density at radius 3 is 2.38 bits per heavy atom. The Morgan fingerprint density at radius 1 is 1.31 bits per heavy atom. The molecule has 3 nitrogen and oxygen atoms in total. The van der Waals surface area contributed by atoms with Gasteiger partial charge in [0, 0.05) is 4.47 Å². The van der Waals surface area contributed by atoms with Crippen LogP contribution in [0.3, 0.4) is 0 Å². The summed E-state index contributed by atoms with van der Waals surface area (Å²) in [5, 5.41) is 8.98. The molecule has 0 saturated heterocycles. The highest BCUT2D eigenvalue weighted by atomic mass is 79.9. The third-order valence-electron chi connectivity index (χ3n) is 2.34. The normalized spacial score (nSPS) is 11.3. The van der Waals surface area contributed by atoms with Crippen molar-refractivity contribution in [1.29, 1.82) is 0 Å². The molecule has 88 valence electrons. The molecule has 1 aromatic rings. The van der Waals surface area contributed by atoms with Crippen LogP contribution < -0.4 is 4.74 Å². The second-order valence-corrected chi connectivity index (χ2v) is 5.14. The summed E-state index contributed by atoms with van der Waals surface area (Å²) in [5.74, 6) is -0.374. The Labute approximate surface area is 104 Å². The highest BCUT2D eigenvalue weighted by molar-refractivity contribution is 9.10. The molecule has 0 atom stereocenters. The maximum absolute atomic E-state index is 11.0. The molecule has 1 N–H and O–H groups in total. The van der Waals surface area contributed by atoms with Crippen molar-refractivity contribution in [2.75, 3.05) is 0 Å². The number of benzene rings is 1. The third-order valence-corrected chi connectivity index (χ3v) is 3.19. The summed E-state index contributed by atoms with van der Waals surface area (Å²) in [7, 11) is 0. The highest BCUT2D eigenvalue weighted by Crippen LogP contribution is 2.29. The van der Waals surface area contributed by atoms with Crippen LogP contribution in [-0.4, -0.2) is 16.7 Å². The standard InChI is InChI=1S/C12H15BrO3/c1-7-6-10(8(2)5-9(7)13)16-12(3,4)11(14)15/h5-6H,1-4H3,(H,14,15). The zero-order valence-corrected chi connectivity index (χ0v) is 11.4. The average Bonchev–Trinajstić information content (AvgIpc) is 2.13. The number of ether oxygens (including phenoxy) is 1. The molecule has 0 saturated carbocycles. The molecule has 0 unspecified atom stereocenters. The van der Waals surface area contributed by atoms with E-state index in [1.165, 1.54) is 13.8 Å². The topological polar surface area (TPSA) is 46.5 Å². The first-order valence-corrected chi connectivity index (χ1v) is 5.72. The van der Waals surface area contributed by atoms with Crippen molar-refractivity contribution in [2.24, 2.45) is 0 Å². The first-order valence-electron chi connectivity index (χ1n) is 4.93. The number of rotatable bonds is 3. The van der Waals surface area contributed by atoms with Crippen molar-refractivity contribution in [3.05, 3.63) is 27.7 Å². The van der Waals surface area contributed by atoms with Crippen LogP contribution >= 0.6 is 15.9 Å². The molecule has 0 heterocycles. The van der Waals surface area contributed by atoms with Crippen LogP contribution in [0.1, 0.15) is 25.0 Å². The monoisotopic (exact) mass is 286 g/mol. The minimum absolute atomic E-state index is 0.605. The zero-order valence-electron chi connectivity index (χ0n) is 9.80. The van der Waals surface area contributed by atoms with Gasteiger partial charge in [0.2, 0.25) is 0 Å². The Balaban J connectivity index is 3.07. The van der Waals surface area contributed by atoms with Crippen LogP contribution in [0.5, 0.6) is 5.75 Å². The minimum Gasteiger partial charge on any atom is -0.478 e. The predicted molar refractivity (Wildman–Crippen MR) is 66.0 cm³/mol. The quantitative estimate of drug-likeness (QED) is 0.927. The summed E-state index contributed by atoms with van der Waals surface area (Å²) >= 11 is 3.42. The van der Waals surface area contributed by atoms with Crippen LogP contribution in [0.2, 0.25) is 0 Å². The second-order valence-electron chi connectivity index (χ2n) is 4.28. The second kappa shape index (κ2) is 4.45. The molecule has 1 rings (SSSR count). The minimum atomic E-state index is -1.22. The largest absolute Gasteiger partial charge is 0.478 e. The van der Waals surface area contributed by atoms with Crippen molar-refractivity contribution >= 4 is 21.9 Å². The van der Waals surface area contributed by atoms with E-state index in [0.29, 0.717) is 5.75 Å². The van der Waals surface area contributed by atoms with Crippen LogP contribution in [0.4, 0.5) is 0 Å². The van der Waals surface area contributed by atoms with Gasteiger partial charge in [0.1, 0.15) is 5.75 Å². The van der Waals surface area contributed by atoms with Gasteiger partial charge in [0.15, 0.2) is 5.60 Å². The summed E-state index contributed by atoms with van der Waals surface area (Å²) < 4.78 is 6.50. The van der Waals surface area contributed by atoms with E-state index < -0.39 is 11.6 Å². The number of halogens is 1. The van der Waals surface area contributed by atoms with Crippen molar-refractivity contribution < 1.29 is 14.6 Å². The van der Waals surface area contributed by atoms with E-state index in [4.69, 9.17) is 9.84 Å². The predicted octanol–water partition coefficient (Wildman–Crippen LogP) is 3.31. The van der Waals surface area contributed by atoms with Crippen LogP contribution in [0.15, 0.2) is 16.6 Å². The van der Waals surface area contributed by atoms with E-state index in [1.807, 2.05) is 26.0 Å². The van der Waals surface area contributed by atoms with E-state index in [1.54, 1.807) is 0 Å². The van der Waals surface area contributed by atoms with E-state index in [-0.39, 0.29) is 0 Å². The number of carboxylic acids is 1. The molecule has 0 aromatic heterocycles. The summed E-state index contributed by atoms with van der Waals surface area (Å²) in [6.07, 6.45) is 0. The molecule has 0 radical (unpaired) electrons.